The van der Waals surface area contributed by atoms with E-state index in [1.807, 2.05) is 25.1 Å². The van der Waals surface area contributed by atoms with Gasteiger partial charge in [-0.15, -0.1) is 0 Å². The van der Waals surface area contributed by atoms with Gasteiger partial charge in [0.1, 0.15) is 33.3 Å². The summed E-state index contributed by atoms with van der Waals surface area (Å²) in [6.45, 7) is 11.3. The number of nitrogens with one attached hydrogen (secondary N) is 1. The second-order valence-corrected chi connectivity index (χ2v) is 9.08. The SMILES string of the molecule is C=C/C=C\c1ccnc(CNC(=O)c2c(N=C)c(C#N)c(N3CCCCC3)n2CC=C(Cl)Cl)c1C. The Hall–Kier alpha value is -3.34. The zero-order valence-electron chi connectivity index (χ0n) is 19.7. The van der Waals surface area contributed by atoms with Crippen LogP contribution in [0.2, 0.25) is 0 Å². The predicted octanol–water partition coefficient (Wildman–Crippen LogP) is 5.83. The van der Waals surface area contributed by atoms with E-state index in [1.165, 1.54) is 0 Å². The van der Waals surface area contributed by atoms with E-state index < -0.39 is 0 Å². The van der Waals surface area contributed by atoms with Crippen molar-refractivity contribution in [1.82, 2.24) is 14.9 Å². The van der Waals surface area contributed by atoms with Gasteiger partial charge in [-0.3, -0.25) is 14.8 Å². The average Bonchev–Trinajstić information content (AvgIpc) is 3.19. The summed E-state index contributed by atoms with van der Waals surface area (Å²) in [6, 6.07) is 4.14. The molecule has 1 fully saturated rings. The fourth-order valence-corrected chi connectivity index (χ4v) is 4.36. The lowest BCUT2D eigenvalue weighted by Crippen LogP contribution is -2.33. The molecule has 0 aliphatic carbocycles. The van der Waals surface area contributed by atoms with Gasteiger partial charge >= 0.3 is 0 Å². The summed E-state index contributed by atoms with van der Waals surface area (Å²) in [4.78, 5) is 24.1. The fraction of sp³-hybridized carbons (Fsp3) is 0.308. The number of hydrogen-bond acceptors (Lipinski definition) is 5. The van der Waals surface area contributed by atoms with Crippen molar-refractivity contribution in [2.24, 2.45) is 4.99 Å². The number of carbonyl (C=O) groups is 1. The minimum absolute atomic E-state index is 0.0745. The van der Waals surface area contributed by atoms with Crippen LogP contribution < -0.4 is 10.2 Å². The third-order valence-corrected chi connectivity index (χ3v) is 6.27. The normalized spacial score (nSPS) is 13.4. The van der Waals surface area contributed by atoms with Crippen LogP contribution in [-0.4, -0.2) is 35.3 Å². The maximum absolute atomic E-state index is 13.5. The van der Waals surface area contributed by atoms with Crippen molar-refractivity contribution in [1.29, 1.82) is 5.26 Å². The predicted molar refractivity (Wildman–Crippen MR) is 144 cm³/mol. The summed E-state index contributed by atoms with van der Waals surface area (Å²) in [6.07, 6.45) is 11.9. The molecule has 35 heavy (non-hydrogen) atoms. The molecule has 0 spiro atoms. The number of halogens is 2. The van der Waals surface area contributed by atoms with E-state index in [9.17, 15) is 10.1 Å². The van der Waals surface area contributed by atoms with Crippen molar-refractivity contribution in [3.05, 3.63) is 69.6 Å². The number of allylic oxidation sites excluding steroid dienone is 3. The number of aromatic nitrogens is 2. The molecule has 0 aromatic carbocycles. The Morgan fingerprint density at radius 2 is 2.09 bits per heavy atom. The van der Waals surface area contributed by atoms with Gasteiger partial charge in [-0.25, -0.2) is 0 Å². The van der Waals surface area contributed by atoms with Crippen LogP contribution >= 0.6 is 23.2 Å². The zero-order valence-corrected chi connectivity index (χ0v) is 21.2. The highest BCUT2D eigenvalue weighted by molar-refractivity contribution is 6.55. The van der Waals surface area contributed by atoms with Gasteiger partial charge in [0.25, 0.3) is 5.91 Å². The second-order valence-electron chi connectivity index (χ2n) is 8.07. The summed E-state index contributed by atoms with van der Waals surface area (Å²) in [5.74, 6) is 0.246. The highest BCUT2D eigenvalue weighted by atomic mass is 35.5. The Labute approximate surface area is 216 Å². The van der Waals surface area contributed by atoms with Crippen molar-refractivity contribution >= 4 is 53.4 Å². The van der Waals surface area contributed by atoms with Gasteiger partial charge in [-0.2, -0.15) is 5.26 Å². The van der Waals surface area contributed by atoms with Crippen LogP contribution in [0.3, 0.4) is 0 Å². The van der Waals surface area contributed by atoms with Crippen LogP contribution in [0, 0.1) is 18.3 Å². The van der Waals surface area contributed by atoms with Crippen LogP contribution in [0.5, 0.6) is 0 Å². The molecule has 9 heteroatoms. The Morgan fingerprint density at radius 3 is 2.71 bits per heavy atom. The van der Waals surface area contributed by atoms with Gasteiger partial charge in [0.05, 0.1) is 12.2 Å². The highest BCUT2D eigenvalue weighted by Crippen LogP contribution is 2.38. The number of pyridine rings is 1. The highest BCUT2D eigenvalue weighted by Gasteiger charge is 2.30. The number of hydrogen-bond donors (Lipinski definition) is 1. The van der Waals surface area contributed by atoms with E-state index in [4.69, 9.17) is 23.2 Å². The van der Waals surface area contributed by atoms with Crippen LogP contribution in [0.4, 0.5) is 11.5 Å². The molecular formula is C26H28Cl2N6O. The number of aliphatic imine (C=N–C) groups is 1. The van der Waals surface area contributed by atoms with Crippen LogP contribution in [0.1, 0.15) is 52.1 Å². The van der Waals surface area contributed by atoms with E-state index >= 15 is 0 Å². The third kappa shape index (κ3) is 6.02. The maximum atomic E-state index is 13.5. The van der Waals surface area contributed by atoms with Gasteiger partial charge < -0.3 is 14.8 Å². The summed E-state index contributed by atoms with van der Waals surface area (Å²) in [7, 11) is 0. The summed E-state index contributed by atoms with van der Waals surface area (Å²) >= 11 is 11.8. The molecule has 2 aromatic heterocycles. The topological polar surface area (TPSA) is 86.3 Å². The van der Waals surface area contributed by atoms with Crippen molar-refractivity contribution in [3.8, 4) is 6.07 Å². The molecule has 3 rings (SSSR count). The molecule has 7 nitrogen and oxygen atoms in total. The monoisotopic (exact) mass is 510 g/mol. The first-order chi connectivity index (χ1) is 16.9. The van der Waals surface area contributed by atoms with E-state index in [1.54, 1.807) is 22.9 Å². The molecule has 0 radical (unpaired) electrons. The fourth-order valence-electron chi connectivity index (χ4n) is 4.23. The molecule has 1 aliphatic rings. The minimum atomic E-state index is -0.389. The Balaban J connectivity index is 2.02. The second kappa shape index (κ2) is 12.4. The molecule has 1 amide bonds. The van der Waals surface area contributed by atoms with Gasteiger partial charge in [-0.05, 0) is 56.2 Å². The van der Waals surface area contributed by atoms with Crippen molar-refractivity contribution < 1.29 is 4.79 Å². The number of rotatable bonds is 9. The number of nitriles is 1. The molecule has 1 saturated heterocycles. The molecular weight excluding hydrogens is 483 g/mol. The quantitative estimate of drug-likeness (QED) is 0.339. The van der Waals surface area contributed by atoms with Crippen LogP contribution in [0.25, 0.3) is 6.08 Å². The largest absolute Gasteiger partial charge is 0.357 e. The number of piperidine rings is 1. The average molecular weight is 511 g/mol. The molecule has 3 heterocycles. The summed E-state index contributed by atoms with van der Waals surface area (Å²) in [5, 5.41) is 12.9. The van der Waals surface area contributed by atoms with Crippen molar-refractivity contribution in [2.75, 3.05) is 18.0 Å². The van der Waals surface area contributed by atoms with Crippen LogP contribution in [0.15, 0.2) is 46.6 Å². The first kappa shape index (κ1) is 26.3. The summed E-state index contributed by atoms with van der Waals surface area (Å²) in [5.41, 5.74) is 3.47. The van der Waals surface area contributed by atoms with E-state index in [2.05, 4.69) is 39.6 Å². The molecule has 182 valence electrons. The summed E-state index contributed by atoms with van der Waals surface area (Å²) < 4.78 is 1.82. The third-order valence-electron chi connectivity index (χ3n) is 5.96. The smallest absolute Gasteiger partial charge is 0.270 e. The number of nitrogens with zero attached hydrogens (tertiary/aromatic N) is 5. The molecule has 0 unspecified atom stereocenters. The number of carbonyl (C=O) groups excluding carboxylic acids is 1. The molecule has 0 saturated carbocycles. The van der Waals surface area contributed by atoms with E-state index in [0.717, 1.165) is 49.2 Å². The number of anilines is 1. The Bertz CT molecular complexity index is 1210. The molecule has 1 N–H and O–H groups in total. The van der Waals surface area contributed by atoms with E-state index in [0.29, 0.717) is 11.4 Å². The van der Waals surface area contributed by atoms with Crippen molar-refractivity contribution in [2.45, 2.75) is 39.3 Å². The lowest BCUT2D eigenvalue weighted by Gasteiger charge is -2.30. The zero-order chi connectivity index (χ0) is 25.4. The van der Waals surface area contributed by atoms with Gasteiger partial charge in [0.2, 0.25) is 0 Å². The Morgan fingerprint density at radius 1 is 1.34 bits per heavy atom. The molecule has 1 aliphatic heterocycles. The van der Waals surface area contributed by atoms with Crippen LogP contribution in [-0.2, 0) is 13.1 Å². The lowest BCUT2D eigenvalue weighted by molar-refractivity contribution is 0.0942. The first-order valence-corrected chi connectivity index (χ1v) is 12.1. The Kier molecular flexibility index (Phi) is 9.30. The molecule has 0 atom stereocenters. The first-order valence-electron chi connectivity index (χ1n) is 11.3. The number of amides is 1. The minimum Gasteiger partial charge on any atom is -0.357 e. The van der Waals surface area contributed by atoms with Crippen molar-refractivity contribution in [3.63, 3.8) is 0 Å². The molecule has 2 aromatic rings. The maximum Gasteiger partial charge on any atom is 0.270 e. The molecule has 0 bridgehead atoms. The lowest BCUT2D eigenvalue weighted by atomic mass is 10.1. The van der Waals surface area contributed by atoms with Gasteiger partial charge in [-0.1, -0.05) is 48.0 Å². The standard InChI is InChI=1S/C26H28Cl2N6O/c1-4-5-9-19-10-12-31-21(18(19)2)17-32-25(35)24-23(30-3)20(16-29)26(33-13-7-6-8-14-33)34(24)15-11-22(27)28/h4-5,9-12H,1,3,6-8,13-15,17H2,2H3,(H,32,35)/b9-5-. The van der Waals surface area contributed by atoms with E-state index in [-0.39, 0.29) is 34.9 Å². The van der Waals surface area contributed by atoms with Gasteiger partial charge in [0.15, 0.2) is 0 Å². The van der Waals surface area contributed by atoms with Gasteiger partial charge in [0, 0.05) is 25.8 Å².